The summed E-state index contributed by atoms with van der Waals surface area (Å²) in [5.41, 5.74) is -1.26. The Labute approximate surface area is 146 Å². The summed E-state index contributed by atoms with van der Waals surface area (Å²) in [7, 11) is 1.72. The number of rotatable bonds is 4. The zero-order valence-corrected chi connectivity index (χ0v) is 16.2. The van der Waals surface area contributed by atoms with Crippen LogP contribution in [0.1, 0.15) is 66.7 Å². The fourth-order valence-electron chi connectivity index (χ4n) is 5.36. The van der Waals surface area contributed by atoms with Crippen LogP contribution in [0.15, 0.2) is 0 Å². The highest BCUT2D eigenvalue weighted by molar-refractivity contribution is 5.88. The molecule has 0 aromatic heterocycles. The van der Waals surface area contributed by atoms with Gasteiger partial charge in [0.25, 0.3) is 5.91 Å². The monoisotopic (exact) mass is 338 g/mol. The van der Waals surface area contributed by atoms with Crippen LogP contribution in [0.5, 0.6) is 0 Å². The maximum absolute atomic E-state index is 13.5. The Morgan fingerprint density at radius 3 is 2.25 bits per heavy atom. The number of nitrogens with zero attached hydrogens (tertiary/aromatic N) is 1. The van der Waals surface area contributed by atoms with Gasteiger partial charge in [-0.1, -0.05) is 6.92 Å². The number of hydrogen-bond donors (Lipinski definition) is 1. The molecule has 1 unspecified atom stereocenters. The molecule has 2 heterocycles. The van der Waals surface area contributed by atoms with E-state index in [9.17, 15) is 4.79 Å². The number of piperidine rings is 1. The maximum Gasteiger partial charge on any atom is 0.257 e. The van der Waals surface area contributed by atoms with Crippen LogP contribution in [0, 0.1) is 5.92 Å². The SMILES string of the molecule is COCC(C)CN1C(=O)C2(CC(C)(C)NC(C)(C)C2)OC12CCC2. The van der Waals surface area contributed by atoms with Crippen molar-refractivity contribution in [3.05, 3.63) is 0 Å². The molecule has 1 amide bonds. The number of carbonyl (C=O) groups is 1. The lowest BCUT2D eigenvalue weighted by Crippen LogP contribution is -2.65. The molecule has 2 aliphatic heterocycles. The molecule has 1 atom stereocenters. The molecule has 2 spiro atoms. The molecule has 0 aromatic carbocycles. The van der Waals surface area contributed by atoms with E-state index >= 15 is 0 Å². The molecule has 1 aliphatic carbocycles. The molecule has 3 rings (SSSR count). The molecule has 0 radical (unpaired) electrons. The molecule has 5 nitrogen and oxygen atoms in total. The normalized spacial score (nSPS) is 30.6. The molecule has 3 fully saturated rings. The predicted octanol–water partition coefficient (Wildman–Crippen LogP) is 2.69. The summed E-state index contributed by atoms with van der Waals surface area (Å²) in [4.78, 5) is 15.6. The molecule has 2 saturated heterocycles. The average molecular weight is 338 g/mol. The van der Waals surface area contributed by atoms with E-state index in [1.807, 2.05) is 0 Å². The molecule has 3 aliphatic rings. The fourth-order valence-corrected chi connectivity index (χ4v) is 5.36. The van der Waals surface area contributed by atoms with Crippen molar-refractivity contribution in [2.45, 2.75) is 89.1 Å². The van der Waals surface area contributed by atoms with E-state index < -0.39 is 5.60 Å². The highest BCUT2D eigenvalue weighted by Crippen LogP contribution is 2.53. The van der Waals surface area contributed by atoms with Crippen LogP contribution in [-0.4, -0.2) is 53.5 Å². The topological polar surface area (TPSA) is 50.8 Å². The molecule has 1 saturated carbocycles. The van der Waals surface area contributed by atoms with Crippen molar-refractivity contribution in [3.63, 3.8) is 0 Å². The highest BCUT2D eigenvalue weighted by atomic mass is 16.6. The smallest absolute Gasteiger partial charge is 0.257 e. The van der Waals surface area contributed by atoms with Crippen molar-refractivity contribution in [2.24, 2.45) is 5.92 Å². The van der Waals surface area contributed by atoms with E-state index in [0.717, 1.165) is 38.6 Å². The van der Waals surface area contributed by atoms with E-state index in [0.29, 0.717) is 12.5 Å². The number of hydrogen-bond acceptors (Lipinski definition) is 4. The summed E-state index contributed by atoms with van der Waals surface area (Å²) in [5.74, 6) is 0.519. The van der Waals surface area contributed by atoms with E-state index in [-0.39, 0.29) is 22.7 Å². The summed E-state index contributed by atoms with van der Waals surface area (Å²) in [6, 6.07) is 0. The van der Waals surface area contributed by atoms with Gasteiger partial charge >= 0.3 is 0 Å². The lowest BCUT2D eigenvalue weighted by atomic mass is 9.72. The second-order valence-corrected chi connectivity index (χ2v) is 9.62. The van der Waals surface area contributed by atoms with Crippen molar-refractivity contribution in [1.29, 1.82) is 0 Å². The first kappa shape index (κ1) is 18.2. The van der Waals surface area contributed by atoms with Gasteiger partial charge in [0.05, 0.1) is 6.61 Å². The lowest BCUT2D eigenvalue weighted by molar-refractivity contribution is -0.203. The van der Waals surface area contributed by atoms with Crippen LogP contribution in [0.3, 0.4) is 0 Å². The third-order valence-corrected chi connectivity index (χ3v) is 5.72. The maximum atomic E-state index is 13.5. The van der Waals surface area contributed by atoms with Crippen molar-refractivity contribution in [3.8, 4) is 0 Å². The lowest BCUT2D eigenvalue weighted by Gasteiger charge is -2.51. The molecule has 1 N–H and O–H groups in total. The number of ether oxygens (including phenoxy) is 2. The zero-order chi connectivity index (χ0) is 17.8. The molecule has 5 heteroatoms. The zero-order valence-electron chi connectivity index (χ0n) is 16.2. The van der Waals surface area contributed by atoms with Crippen molar-refractivity contribution >= 4 is 5.91 Å². The van der Waals surface area contributed by atoms with Gasteiger partial charge in [-0.25, -0.2) is 0 Å². The van der Waals surface area contributed by atoms with E-state index in [4.69, 9.17) is 9.47 Å². The number of amides is 1. The molecular weight excluding hydrogens is 304 g/mol. The molecular formula is C19H34N2O3. The van der Waals surface area contributed by atoms with E-state index in [2.05, 4.69) is 44.8 Å². The number of methoxy groups -OCH3 is 1. The van der Waals surface area contributed by atoms with Crippen molar-refractivity contribution in [1.82, 2.24) is 10.2 Å². The van der Waals surface area contributed by atoms with Gasteiger partial charge in [0.15, 0.2) is 5.60 Å². The van der Waals surface area contributed by atoms with E-state index in [1.54, 1.807) is 7.11 Å². The number of nitrogens with one attached hydrogen (secondary N) is 1. The minimum atomic E-state index is -0.675. The predicted molar refractivity (Wildman–Crippen MR) is 93.7 cm³/mol. The van der Waals surface area contributed by atoms with Crippen LogP contribution >= 0.6 is 0 Å². The van der Waals surface area contributed by atoms with Gasteiger partial charge in [-0.3, -0.25) is 4.79 Å². The van der Waals surface area contributed by atoms with Crippen molar-refractivity contribution < 1.29 is 14.3 Å². The summed E-state index contributed by atoms with van der Waals surface area (Å²) in [6.07, 6.45) is 4.55. The summed E-state index contributed by atoms with van der Waals surface area (Å²) in [5, 5.41) is 3.67. The molecule has 0 aromatic rings. The Hall–Kier alpha value is -0.650. The standard InChI is InChI=1S/C19H34N2O3/c1-14(11-23-6)10-21-15(22)18(24-19(21)8-7-9-19)12-16(2,3)20-17(4,5)13-18/h14,20H,7-13H2,1-6H3. The first-order valence-corrected chi connectivity index (χ1v) is 9.34. The fraction of sp³-hybridized carbons (Fsp3) is 0.947. The minimum Gasteiger partial charge on any atom is -0.384 e. The second-order valence-electron chi connectivity index (χ2n) is 9.62. The molecule has 24 heavy (non-hydrogen) atoms. The van der Waals surface area contributed by atoms with Gasteiger partial charge in [-0.15, -0.1) is 0 Å². The molecule has 0 bridgehead atoms. The van der Waals surface area contributed by atoms with Crippen LogP contribution in [-0.2, 0) is 14.3 Å². The highest BCUT2D eigenvalue weighted by Gasteiger charge is 2.66. The minimum absolute atomic E-state index is 0.115. The summed E-state index contributed by atoms with van der Waals surface area (Å²) >= 11 is 0. The van der Waals surface area contributed by atoms with E-state index in [1.165, 1.54) is 0 Å². The van der Waals surface area contributed by atoms with Crippen LogP contribution in [0.25, 0.3) is 0 Å². The first-order valence-electron chi connectivity index (χ1n) is 9.34. The van der Waals surface area contributed by atoms with Crippen LogP contribution in [0.4, 0.5) is 0 Å². The van der Waals surface area contributed by atoms with Crippen LogP contribution in [0.2, 0.25) is 0 Å². The average Bonchev–Trinajstić information content (AvgIpc) is 2.57. The van der Waals surface area contributed by atoms with Gasteiger partial charge in [0.2, 0.25) is 0 Å². The first-order chi connectivity index (χ1) is 11.0. The Morgan fingerprint density at radius 1 is 1.21 bits per heavy atom. The Balaban J connectivity index is 1.89. The third kappa shape index (κ3) is 2.99. The number of carbonyl (C=O) groups excluding carboxylic acids is 1. The largest absolute Gasteiger partial charge is 0.384 e. The van der Waals surface area contributed by atoms with Gasteiger partial charge in [0, 0.05) is 37.6 Å². The quantitative estimate of drug-likeness (QED) is 0.856. The Kier molecular flexibility index (Phi) is 4.30. The second kappa shape index (κ2) is 5.68. The van der Waals surface area contributed by atoms with Gasteiger partial charge < -0.3 is 19.7 Å². The Bertz CT molecular complexity index is 495. The summed E-state index contributed by atoms with van der Waals surface area (Å²) in [6.45, 7) is 12.2. The summed E-state index contributed by atoms with van der Waals surface area (Å²) < 4.78 is 12.0. The Morgan fingerprint density at radius 2 is 1.79 bits per heavy atom. The van der Waals surface area contributed by atoms with Crippen molar-refractivity contribution in [2.75, 3.05) is 20.3 Å². The molecule has 138 valence electrons. The third-order valence-electron chi connectivity index (χ3n) is 5.72. The van der Waals surface area contributed by atoms with Gasteiger partial charge in [-0.05, 0) is 52.9 Å². The van der Waals surface area contributed by atoms with Crippen LogP contribution < -0.4 is 5.32 Å². The van der Waals surface area contributed by atoms with Gasteiger partial charge in [-0.2, -0.15) is 0 Å². The van der Waals surface area contributed by atoms with Gasteiger partial charge in [0.1, 0.15) is 5.72 Å².